The summed E-state index contributed by atoms with van der Waals surface area (Å²) in [6.45, 7) is 0.0895. The van der Waals surface area contributed by atoms with E-state index in [0.717, 1.165) is 10.9 Å². The Morgan fingerprint density at radius 1 is 1.41 bits per heavy atom. The van der Waals surface area contributed by atoms with Crippen LogP contribution in [-0.4, -0.2) is 28.3 Å². The van der Waals surface area contributed by atoms with Crippen LogP contribution in [0.2, 0.25) is 0 Å². The van der Waals surface area contributed by atoms with Crippen LogP contribution in [0.3, 0.4) is 0 Å². The third-order valence-corrected chi connectivity index (χ3v) is 2.50. The molecule has 88 valence electrons. The number of hydrogen-bond acceptors (Lipinski definition) is 4. The summed E-state index contributed by atoms with van der Waals surface area (Å²) in [4.78, 5) is 4.57. The second kappa shape index (κ2) is 5.07. The van der Waals surface area contributed by atoms with Crippen molar-refractivity contribution in [2.45, 2.75) is 0 Å². The predicted molar refractivity (Wildman–Crippen MR) is 70.2 cm³/mol. The first-order chi connectivity index (χ1) is 8.22. The van der Waals surface area contributed by atoms with Gasteiger partial charge in [0.1, 0.15) is 11.6 Å². The van der Waals surface area contributed by atoms with E-state index >= 15 is 0 Å². The van der Waals surface area contributed by atoms with Crippen LogP contribution in [0.5, 0.6) is 5.88 Å². The number of aromatic nitrogens is 1. The molecular formula is C12H12N2O2S. The van der Waals surface area contributed by atoms with Gasteiger partial charge in [-0.1, -0.05) is 30.4 Å². The van der Waals surface area contributed by atoms with E-state index in [9.17, 15) is 0 Å². The van der Waals surface area contributed by atoms with Crippen LogP contribution in [0.1, 0.15) is 5.56 Å². The van der Waals surface area contributed by atoms with E-state index in [1.165, 1.54) is 0 Å². The molecule has 0 atom stereocenters. The number of aliphatic hydroxyl groups is 1. The molecule has 1 heterocycles. The molecule has 0 bridgehead atoms. The summed E-state index contributed by atoms with van der Waals surface area (Å²) in [5.74, 6) is 0.366. The van der Waals surface area contributed by atoms with Crippen molar-refractivity contribution < 1.29 is 9.84 Å². The van der Waals surface area contributed by atoms with Gasteiger partial charge in [-0.25, -0.2) is 4.98 Å². The Hall–Kier alpha value is -1.72. The van der Waals surface area contributed by atoms with Crippen LogP contribution in [0.15, 0.2) is 30.3 Å². The SMILES string of the molecule is NC(=S)c1cc2ccccc2nc1OCCO. The van der Waals surface area contributed by atoms with E-state index in [1.54, 1.807) is 0 Å². The van der Waals surface area contributed by atoms with Gasteiger partial charge in [0.15, 0.2) is 0 Å². The number of nitrogens with two attached hydrogens (primary N) is 1. The molecule has 0 aliphatic rings. The van der Waals surface area contributed by atoms with Crippen molar-refractivity contribution in [2.75, 3.05) is 13.2 Å². The molecular weight excluding hydrogens is 236 g/mol. The lowest BCUT2D eigenvalue weighted by atomic mass is 10.1. The van der Waals surface area contributed by atoms with Crippen molar-refractivity contribution in [1.82, 2.24) is 4.98 Å². The van der Waals surface area contributed by atoms with E-state index in [1.807, 2.05) is 30.3 Å². The van der Waals surface area contributed by atoms with Gasteiger partial charge in [-0.05, 0) is 12.1 Å². The number of aliphatic hydroxyl groups excluding tert-OH is 1. The largest absolute Gasteiger partial charge is 0.475 e. The number of para-hydroxylation sites is 1. The van der Waals surface area contributed by atoms with Crippen molar-refractivity contribution >= 4 is 28.1 Å². The van der Waals surface area contributed by atoms with Crippen molar-refractivity contribution in [1.29, 1.82) is 0 Å². The fraction of sp³-hybridized carbons (Fsp3) is 0.167. The Morgan fingerprint density at radius 2 is 2.18 bits per heavy atom. The van der Waals surface area contributed by atoms with Crippen LogP contribution in [0.25, 0.3) is 10.9 Å². The monoisotopic (exact) mass is 248 g/mol. The molecule has 0 saturated carbocycles. The topological polar surface area (TPSA) is 68.4 Å². The molecule has 2 aromatic rings. The first kappa shape index (κ1) is 11.8. The molecule has 0 radical (unpaired) electrons. The second-order valence-corrected chi connectivity index (χ2v) is 3.91. The average Bonchev–Trinajstić information content (AvgIpc) is 2.35. The molecule has 0 saturated heterocycles. The molecule has 0 fully saturated rings. The Morgan fingerprint density at radius 3 is 2.88 bits per heavy atom. The zero-order chi connectivity index (χ0) is 12.3. The van der Waals surface area contributed by atoms with Gasteiger partial charge in [-0.2, -0.15) is 0 Å². The summed E-state index contributed by atoms with van der Waals surface area (Å²) < 4.78 is 5.33. The maximum Gasteiger partial charge on any atom is 0.224 e. The lowest BCUT2D eigenvalue weighted by Crippen LogP contribution is -2.14. The number of pyridine rings is 1. The van der Waals surface area contributed by atoms with Gasteiger partial charge < -0.3 is 15.6 Å². The molecule has 0 aliphatic heterocycles. The summed E-state index contributed by atoms with van der Waals surface area (Å²) in [5, 5.41) is 9.70. The molecule has 1 aromatic heterocycles. The van der Waals surface area contributed by atoms with E-state index in [-0.39, 0.29) is 18.2 Å². The van der Waals surface area contributed by atoms with Crippen LogP contribution < -0.4 is 10.5 Å². The highest BCUT2D eigenvalue weighted by atomic mass is 32.1. The Kier molecular flexibility index (Phi) is 3.51. The lowest BCUT2D eigenvalue weighted by Gasteiger charge is -2.09. The zero-order valence-corrected chi connectivity index (χ0v) is 9.91. The molecule has 17 heavy (non-hydrogen) atoms. The number of fused-ring (bicyclic) bond motifs is 1. The molecule has 0 amide bonds. The Bertz CT molecular complexity index is 557. The molecule has 0 aliphatic carbocycles. The molecule has 4 nitrogen and oxygen atoms in total. The minimum Gasteiger partial charge on any atom is -0.475 e. The van der Waals surface area contributed by atoms with Gasteiger partial charge in [0.05, 0.1) is 17.7 Å². The van der Waals surface area contributed by atoms with Crippen molar-refractivity contribution in [3.05, 3.63) is 35.9 Å². The summed E-state index contributed by atoms with van der Waals surface area (Å²) in [6, 6.07) is 9.47. The lowest BCUT2D eigenvalue weighted by molar-refractivity contribution is 0.197. The number of rotatable bonds is 4. The molecule has 0 spiro atoms. The van der Waals surface area contributed by atoms with Gasteiger partial charge in [0, 0.05) is 5.39 Å². The first-order valence-corrected chi connectivity index (χ1v) is 5.56. The maximum atomic E-state index is 8.75. The van der Waals surface area contributed by atoms with Crippen molar-refractivity contribution in [3.63, 3.8) is 0 Å². The minimum absolute atomic E-state index is 0.0781. The van der Waals surface area contributed by atoms with E-state index < -0.39 is 0 Å². The molecule has 2 rings (SSSR count). The van der Waals surface area contributed by atoms with Gasteiger partial charge >= 0.3 is 0 Å². The molecule has 1 aromatic carbocycles. The third kappa shape index (κ3) is 2.51. The van der Waals surface area contributed by atoms with Crippen LogP contribution in [0, 0.1) is 0 Å². The fourth-order valence-electron chi connectivity index (χ4n) is 1.53. The summed E-state index contributed by atoms with van der Waals surface area (Å²) in [7, 11) is 0. The highest BCUT2D eigenvalue weighted by molar-refractivity contribution is 7.80. The predicted octanol–water partition coefficient (Wildman–Crippen LogP) is 1.24. The molecule has 3 N–H and O–H groups in total. The molecule has 5 heteroatoms. The standard InChI is InChI=1S/C12H12N2O2S/c13-11(17)9-7-8-3-1-2-4-10(8)14-12(9)16-6-5-15/h1-4,7,15H,5-6H2,(H2,13,17). The number of nitrogens with zero attached hydrogens (tertiary/aromatic N) is 1. The normalized spacial score (nSPS) is 10.4. The number of benzene rings is 1. The Balaban J connectivity index is 2.54. The van der Waals surface area contributed by atoms with E-state index in [2.05, 4.69) is 4.98 Å². The summed E-state index contributed by atoms with van der Waals surface area (Å²) in [6.07, 6.45) is 0. The quantitative estimate of drug-likeness (QED) is 0.797. The minimum atomic E-state index is -0.0781. The smallest absolute Gasteiger partial charge is 0.224 e. The van der Waals surface area contributed by atoms with Gasteiger partial charge in [0.25, 0.3) is 0 Å². The highest BCUT2D eigenvalue weighted by Crippen LogP contribution is 2.22. The van der Waals surface area contributed by atoms with Gasteiger partial charge in [-0.15, -0.1) is 0 Å². The number of hydrogen-bond donors (Lipinski definition) is 2. The van der Waals surface area contributed by atoms with Gasteiger partial charge in [0.2, 0.25) is 5.88 Å². The third-order valence-electron chi connectivity index (χ3n) is 2.28. The zero-order valence-electron chi connectivity index (χ0n) is 9.09. The average molecular weight is 248 g/mol. The van der Waals surface area contributed by atoms with Crippen LogP contribution >= 0.6 is 12.2 Å². The van der Waals surface area contributed by atoms with E-state index in [4.69, 9.17) is 27.8 Å². The van der Waals surface area contributed by atoms with Crippen LogP contribution in [0.4, 0.5) is 0 Å². The fourth-order valence-corrected chi connectivity index (χ4v) is 1.67. The van der Waals surface area contributed by atoms with E-state index in [0.29, 0.717) is 11.4 Å². The van der Waals surface area contributed by atoms with Crippen molar-refractivity contribution in [2.24, 2.45) is 5.73 Å². The maximum absolute atomic E-state index is 8.75. The Labute approximate surface area is 104 Å². The summed E-state index contributed by atoms with van der Waals surface area (Å²) >= 11 is 4.96. The van der Waals surface area contributed by atoms with Crippen LogP contribution in [-0.2, 0) is 0 Å². The molecule has 0 unspecified atom stereocenters. The number of ether oxygens (including phenoxy) is 1. The number of thiocarbonyl (C=S) groups is 1. The van der Waals surface area contributed by atoms with Crippen molar-refractivity contribution in [3.8, 4) is 5.88 Å². The van der Waals surface area contributed by atoms with Gasteiger partial charge in [-0.3, -0.25) is 0 Å². The second-order valence-electron chi connectivity index (χ2n) is 3.47. The first-order valence-electron chi connectivity index (χ1n) is 5.15. The summed E-state index contributed by atoms with van der Waals surface area (Å²) in [5.41, 5.74) is 7.02. The highest BCUT2D eigenvalue weighted by Gasteiger charge is 2.10.